The number of fused-ring (bicyclic) bond motifs is 10. The molecule has 11 rings (SSSR count). The maximum absolute atomic E-state index is 9.64. The average molecular weight is 636 g/mol. The van der Waals surface area contributed by atoms with Gasteiger partial charge in [0.05, 0.1) is 30.4 Å². The molecule has 49 heavy (non-hydrogen) atoms. The standard InChI is InChI=1S/C46H27NO2/c1-2-12-28(13-3-1)37-23-31(24-39-34-17-7-10-20-42(34)49-46(37)39)36-26-32(27-44-45(36)35-18-8-11-21-43(35)48-44)47-40-19-9-6-16-33(40)38-22-29-14-4-5-15-30(29)25-41(38)47/h1-27H/i4D,5D,6D,9D,14D,15D,16D,19D,22D,25D. The van der Waals surface area contributed by atoms with Gasteiger partial charge in [-0.1, -0.05) is 109 Å². The number of aromatic nitrogens is 1. The molecule has 0 saturated carbocycles. The van der Waals surface area contributed by atoms with Crippen LogP contribution in [0.3, 0.4) is 0 Å². The van der Waals surface area contributed by atoms with Crippen LogP contribution in [0.25, 0.3) is 104 Å². The van der Waals surface area contributed by atoms with Crippen molar-refractivity contribution < 1.29 is 22.5 Å². The zero-order valence-electron chi connectivity index (χ0n) is 35.6. The molecule has 11 aromatic rings. The van der Waals surface area contributed by atoms with Gasteiger partial charge in [-0.25, -0.2) is 0 Å². The highest BCUT2D eigenvalue weighted by Gasteiger charge is 2.21. The van der Waals surface area contributed by atoms with Crippen molar-refractivity contribution in [2.24, 2.45) is 0 Å². The van der Waals surface area contributed by atoms with Crippen molar-refractivity contribution in [1.82, 2.24) is 4.57 Å². The molecule has 0 unspecified atom stereocenters. The fraction of sp³-hybridized carbons (Fsp3) is 0. The number of nitrogens with zero attached hydrogens (tertiary/aromatic N) is 1. The summed E-state index contributed by atoms with van der Waals surface area (Å²) in [5, 5.41) is 2.95. The minimum Gasteiger partial charge on any atom is -0.456 e. The molecule has 0 aliphatic rings. The Bertz CT molecular complexity index is 3680. The molecule has 3 heterocycles. The molecular formula is C46H27NO2. The Kier molecular flexibility index (Phi) is 3.80. The molecule has 0 amide bonds. The van der Waals surface area contributed by atoms with Gasteiger partial charge in [0.1, 0.15) is 22.3 Å². The fourth-order valence-electron chi connectivity index (χ4n) is 7.25. The predicted molar refractivity (Wildman–Crippen MR) is 204 cm³/mol. The second-order valence-electron chi connectivity index (χ2n) is 12.1. The van der Waals surface area contributed by atoms with E-state index in [2.05, 4.69) is 12.1 Å². The van der Waals surface area contributed by atoms with Gasteiger partial charge < -0.3 is 13.4 Å². The van der Waals surface area contributed by atoms with Crippen LogP contribution in [0.1, 0.15) is 13.7 Å². The first-order valence-electron chi connectivity index (χ1n) is 20.9. The summed E-state index contributed by atoms with van der Waals surface area (Å²) in [6.45, 7) is 0. The Balaban J connectivity index is 1.35. The quantitative estimate of drug-likeness (QED) is 0.193. The molecular weight excluding hydrogens is 599 g/mol. The van der Waals surface area contributed by atoms with Gasteiger partial charge >= 0.3 is 0 Å². The number of benzene rings is 8. The third-order valence-electron chi connectivity index (χ3n) is 9.38. The summed E-state index contributed by atoms with van der Waals surface area (Å²) in [5.74, 6) is 0. The van der Waals surface area contributed by atoms with Crippen molar-refractivity contribution >= 4 is 76.5 Å². The Morgan fingerprint density at radius 2 is 1.18 bits per heavy atom. The molecule has 0 radical (unpaired) electrons. The van der Waals surface area contributed by atoms with Gasteiger partial charge in [0, 0.05) is 43.9 Å². The van der Waals surface area contributed by atoms with E-state index in [4.69, 9.17) is 18.4 Å². The van der Waals surface area contributed by atoms with E-state index in [0.717, 1.165) is 43.8 Å². The van der Waals surface area contributed by atoms with Crippen LogP contribution in [0.2, 0.25) is 0 Å². The van der Waals surface area contributed by atoms with Crippen LogP contribution in [-0.2, 0) is 0 Å². The maximum atomic E-state index is 9.64. The lowest BCUT2D eigenvalue weighted by Crippen LogP contribution is -1.95. The van der Waals surface area contributed by atoms with E-state index in [1.807, 2.05) is 84.9 Å². The van der Waals surface area contributed by atoms with Gasteiger partial charge in [0.15, 0.2) is 0 Å². The van der Waals surface area contributed by atoms with Gasteiger partial charge in [-0.15, -0.1) is 0 Å². The first-order chi connectivity index (χ1) is 28.5. The molecule has 0 spiro atoms. The minimum absolute atomic E-state index is 0.00260. The van der Waals surface area contributed by atoms with Crippen LogP contribution in [0.15, 0.2) is 172 Å². The molecule has 3 heteroatoms. The lowest BCUT2D eigenvalue weighted by atomic mass is 9.93. The summed E-state index contributed by atoms with van der Waals surface area (Å²) in [4.78, 5) is 0. The molecule has 3 aromatic heterocycles. The third-order valence-corrected chi connectivity index (χ3v) is 9.38. The topological polar surface area (TPSA) is 31.2 Å². The van der Waals surface area contributed by atoms with E-state index in [0.29, 0.717) is 28.0 Å². The first kappa shape index (κ1) is 18.7. The molecule has 0 fully saturated rings. The van der Waals surface area contributed by atoms with Crippen molar-refractivity contribution in [1.29, 1.82) is 0 Å². The van der Waals surface area contributed by atoms with Gasteiger partial charge in [0.2, 0.25) is 0 Å². The zero-order chi connectivity index (χ0) is 40.8. The summed E-state index contributed by atoms with van der Waals surface area (Å²) >= 11 is 0. The third kappa shape index (κ3) is 3.84. The van der Waals surface area contributed by atoms with E-state index >= 15 is 0 Å². The van der Waals surface area contributed by atoms with Gasteiger partial charge in [-0.05, 0) is 75.9 Å². The zero-order valence-corrected chi connectivity index (χ0v) is 25.6. The van der Waals surface area contributed by atoms with Crippen molar-refractivity contribution in [3.63, 3.8) is 0 Å². The predicted octanol–water partition coefficient (Wildman–Crippen LogP) is 13.1. The van der Waals surface area contributed by atoms with Crippen LogP contribution in [0.4, 0.5) is 0 Å². The molecule has 0 saturated heterocycles. The maximum Gasteiger partial charge on any atom is 0.143 e. The smallest absolute Gasteiger partial charge is 0.143 e. The van der Waals surface area contributed by atoms with E-state index in [9.17, 15) is 4.11 Å². The van der Waals surface area contributed by atoms with Gasteiger partial charge in [0.25, 0.3) is 0 Å². The Morgan fingerprint density at radius 1 is 0.469 bits per heavy atom. The summed E-state index contributed by atoms with van der Waals surface area (Å²) in [6, 6.07) is 28.4. The highest BCUT2D eigenvalue weighted by Crippen LogP contribution is 2.45. The number of hydrogen-bond donors (Lipinski definition) is 0. The SMILES string of the molecule is [2H]c1c([2H])c([2H])c2c([2H])c3c(c([2H])c2c1[2H])c1c([2H])c([2H])c([2H])c([2H])c1n3-c1cc(-c2cc(-c3ccccc3)c3oc4ccccc4c3c2)c2c(c1)oc1ccccc12. The minimum atomic E-state index is -0.572. The van der Waals surface area contributed by atoms with Crippen LogP contribution in [-0.4, -0.2) is 4.57 Å². The number of hydrogen-bond acceptors (Lipinski definition) is 2. The van der Waals surface area contributed by atoms with Crippen molar-refractivity contribution in [3.8, 4) is 27.9 Å². The highest BCUT2D eigenvalue weighted by atomic mass is 16.3. The van der Waals surface area contributed by atoms with E-state index in [-0.39, 0.29) is 44.7 Å². The molecule has 0 aliphatic carbocycles. The number of furan rings is 2. The largest absolute Gasteiger partial charge is 0.456 e. The Labute approximate surface area is 294 Å². The molecule has 0 atom stereocenters. The average Bonchev–Trinajstić information content (AvgIpc) is 3.94. The van der Waals surface area contributed by atoms with E-state index in [1.54, 1.807) is 6.07 Å². The normalized spacial score (nSPS) is 14.9. The van der Waals surface area contributed by atoms with E-state index in [1.165, 1.54) is 4.57 Å². The summed E-state index contributed by atoms with van der Waals surface area (Å²) in [5.41, 5.74) is 6.11. The molecule has 228 valence electrons. The van der Waals surface area contributed by atoms with Crippen LogP contribution in [0.5, 0.6) is 0 Å². The van der Waals surface area contributed by atoms with Crippen molar-refractivity contribution in [2.75, 3.05) is 0 Å². The van der Waals surface area contributed by atoms with Crippen LogP contribution in [0, 0.1) is 0 Å². The Hall–Kier alpha value is -6.58. The van der Waals surface area contributed by atoms with Gasteiger partial charge in [-0.3, -0.25) is 0 Å². The van der Waals surface area contributed by atoms with Crippen LogP contribution < -0.4 is 0 Å². The summed E-state index contributed by atoms with van der Waals surface area (Å²) < 4.78 is 104. The van der Waals surface area contributed by atoms with Crippen LogP contribution >= 0.6 is 0 Å². The summed E-state index contributed by atoms with van der Waals surface area (Å²) in [7, 11) is 0. The second kappa shape index (κ2) is 9.96. The lowest BCUT2D eigenvalue weighted by Gasteiger charge is -2.14. The lowest BCUT2D eigenvalue weighted by molar-refractivity contribution is 0.668. The van der Waals surface area contributed by atoms with E-state index < -0.39 is 48.3 Å². The number of rotatable bonds is 3. The van der Waals surface area contributed by atoms with Crippen molar-refractivity contribution in [3.05, 3.63) is 164 Å². The molecule has 8 aromatic carbocycles. The molecule has 0 aliphatic heterocycles. The monoisotopic (exact) mass is 635 g/mol. The highest BCUT2D eigenvalue weighted by molar-refractivity contribution is 6.18. The fourth-order valence-corrected chi connectivity index (χ4v) is 7.25. The first-order valence-corrected chi connectivity index (χ1v) is 15.9. The van der Waals surface area contributed by atoms with Crippen molar-refractivity contribution in [2.45, 2.75) is 0 Å². The summed E-state index contributed by atoms with van der Waals surface area (Å²) in [6.07, 6.45) is 0. The van der Waals surface area contributed by atoms with Gasteiger partial charge in [-0.2, -0.15) is 0 Å². The second-order valence-corrected chi connectivity index (χ2v) is 12.1. The Morgan fingerprint density at radius 3 is 2.04 bits per heavy atom. The number of para-hydroxylation sites is 3. The molecule has 0 bridgehead atoms. The molecule has 3 nitrogen and oxygen atoms in total. The molecule has 0 N–H and O–H groups in total.